The first kappa shape index (κ1) is 12.0. The van der Waals surface area contributed by atoms with E-state index in [4.69, 9.17) is 0 Å². The summed E-state index contributed by atoms with van der Waals surface area (Å²) < 4.78 is 4.01. The van der Waals surface area contributed by atoms with Gasteiger partial charge in [-0.15, -0.1) is 0 Å². The summed E-state index contributed by atoms with van der Waals surface area (Å²) in [5.41, 5.74) is 3.28. The van der Waals surface area contributed by atoms with Gasteiger partial charge in [0.15, 0.2) is 0 Å². The van der Waals surface area contributed by atoms with Crippen molar-refractivity contribution in [2.75, 3.05) is 0 Å². The second kappa shape index (κ2) is 4.53. The van der Waals surface area contributed by atoms with Crippen LogP contribution in [0.5, 0.6) is 0 Å². The van der Waals surface area contributed by atoms with Crippen molar-refractivity contribution in [3.63, 3.8) is 0 Å². The number of hydrogen-bond donors (Lipinski definition) is 0. The van der Waals surface area contributed by atoms with E-state index in [2.05, 4.69) is 48.3 Å². The Balaban J connectivity index is 1.96. The minimum Gasteiger partial charge on any atom is -0.270 e. The summed E-state index contributed by atoms with van der Waals surface area (Å²) in [6.07, 6.45) is 2.03. The van der Waals surface area contributed by atoms with Crippen LogP contribution in [-0.2, 0) is 6.54 Å². The van der Waals surface area contributed by atoms with Gasteiger partial charge in [0.05, 0.1) is 23.4 Å². The number of hydrogen-bond acceptors (Lipinski definition) is 2. The van der Waals surface area contributed by atoms with Gasteiger partial charge in [0.2, 0.25) is 0 Å². The number of aromatic nitrogens is 4. The summed E-state index contributed by atoms with van der Waals surface area (Å²) in [6.45, 7) is 7.02. The van der Waals surface area contributed by atoms with Crippen LogP contribution >= 0.6 is 0 Å². The zero-order valence-electron chi connectivity index (χ0n) is 11.5. The molecule has 0 amide bonds. The SMILES string of the molecule is Cc1nn(Cc2ccn(C(C)C)n2)c2ccccc12. The highest BCUT2D eigenvalue weighted by molar-refractivity contribution is 5.81. The molecule has 0 bridgehead atoms. The maximum Gasteiger partial charge on any atom is 0.0857 e. The van der Waals surface area contributed by atoms with E-state index in [1.807, 2.05) is 28.6 Å². The van der Waals surface area contributed by atoms with Crippen LogP contribution in [-0.4, -0.2) is 19.6 Å². The van der Waals surface area contributed by atoms with Gasteiger partial charge in [-0.1, -0.05) is 18.2 Å². The molecule has 1 aromatic carbocycles. The third kappa shape index (κ3) is 2.14. The highest BCUT2D eigenvalue weighted by atomic mass is 15.3. The maximum absolute atomic E-state index is 4.61. The predicted molar refractivity (Wildman–Crippen MR) is 76.2 cm³/mol. The molecule has 0 atom stereocenters. The maximum atomic E-state index is 4.61. The Bertz CT molecular complexity index is 706. The lowest BCUT2D eigenvalue weighted by Gasteiger charge is -2.04. The average molecular weight is 254 g/mol. The van der Waals surface area contributed by atoms with E-state index in [-0.39, 0.29) is 0 Å². The lowest BCUT2D eigenvalue weighted by molar-refractivity contribution is 0.521. The van der Waals surface area contributed by atoms with Crippen molar-refractivity contribution < 1.29 is 0 Å². The molecule has 3 rings (SSSR count). The van der Waals surface area contributed by atoms with Crippen molar-refractivity contribution in [2.24, 2.45) is 0 Å². The van der Waals surface area contributed by atoms with Crippen molar-refractivity contribution in [1.82, 2.24) is 19.6 Å². The van der Waals surface area contributed by atoms with Gasteiger partial charge in [0, 0.05) is 17.6 Å². The van der Waals surface area contributed by atoms with E-state index in [0.717, 1.165) is 11.4 Å². The number of benzene rings is 1. The Morgan fingerprint density at radius 3 is 2.63 bits per heavy atom. The summed E-state index contributed by atoms with van der Waals surface area (Å²) in [5, 5.41) is 10.4. The molecular formula is C15H18N4. The number of para-hydroxylation sites is 1. The normalized spacial score (nSPS) is 11.6. The molecule has 0 saturated heterocycles. The fourth-order valence-electron chi connectivity index (χ4n) is 2.32. The van der Waals surface area contributed by atoms with Crippen molar-refractivity contribution in [2.45, 2.75) is 33.4 Å². The van der Waals surface area contributed by atoms with Crippen molar-refractivity contribution >= 4 is 10.9 Å². The number of aryl methyl sites for hydroxylation is 1. The minimum absolute atomic E-state index is 0.393. The zero-order chi connectivity index (χ0) is 13.4. The summed E-state index contributed by atoms with van der Waals surface area (Å²) in [4.78, 5) is 0. The molecule has 2 heterocycles. The van der Waals surface area contributed by atoms with E-state index in [9.17, 15) is 0 Å². The van der Waals surface area contributed by atoms with Crippen LogP contribution < -0.4 is 0 Å². The fraction of sp³-hybridized carbons (Fsp3) is 0.333. The quantitative estimate of drug-likeness (QED) is 0.719. The van der Waals surface area contributed by atoms with Crippen LogP contribution in [0.2, 0.25) is 0 Å². The molecule has 3 aromatic rings. The fourth-order valence-corrected chi connectivity index (χ4v) is 2.32. The molecule has 0 aliphatic carbocycles. The molecule has 19 heavy (non-hydrogen) atoms. The van der Waals surface area contributed by atoms with E-state index in [1.165, 1.54) is 10.9 Å². The second-order valence-electron chi connectivity index (χ2n) is 5.14. The van der Waals surface area contributed by atoms with E-state index in [0.29, 0.717) is 12.6 Å². The van der Waals surface area contributed by atoms with Crippen LogP contribution in [0.15, 0.2) is 36.5 Å². The first-order chi connectivity index (χ1) is 9.15. The first-order valence-electron chi connectivity index (χ1n) is 6.61. The van der Waals surface area contributed by atoms with Gasteiger partial charge in [-0.05, 0) is 32.9 Å². The van der Waals surface area contributed by atoms with Crippen molar-refractivity contribution in [3.8, 4) is 0 Å². The lowest BCUT2D eigenvalue weighted by atomic mass is 10.2. The Hall–Kier alpha value is -2.10. The molecule has 0 aliphatic rings. The minimum atomic E-state index is 0.393. The molecule has 0 fully saturated rings. The first-order valence-corrected chi connectivity index (χ1v) is 6.61. The third-order valence-corrected chi connectivity index (χ3v) is 3.35. The molecule has 98 valence electrons. The van der Waals surface area contributed by atoms with Crippen molar-refractivity contribution in [1.29, 1.82) is 0 Å². The molecule has 0 unspecified atom stereocenters. The van der Waals surface area contributed by atoms with Gasteiger partial charge < -0.3 is 0 Å². The Labute approximate surface area is 112 Å². The summed E-state index contributed by atoms with van der Waals surface area (Å²) in [5.74, 6) is 0. The highest BCUT2D eigenvalue weighted by Gasteiger charge is 2.08. The highest BCUT2D eigenvalue weighted by Crippen LogP contribution is 2.18. The van der Waals surface area contributed by atoms with Gasteiger partial charge in [0.1, 0.15) is 0 Å². The monoisotopic (exact) mass is 254 g/mol. The predicted octanol–water partition coefficient (Wildman–Crippen LogP) is 3.17. The second-order valence-corrected chi connectivity index (χ2v) is 5.14. The Morgan fingerprint density at radius 1 is 1.11 bits per heavy atom. The molecule has 2 aromatic heterocycles. The van der Waals surface area contributed by atoms with Gasteiger partial charge >= 0.3 is 0 Å². The van der Waals surface area contributed by atoms with Gasteiger partial charge in [-0.3, -0.25) is 9.36 Å². The number of nitrogens with zero attached hydrogens (tertiary/aromatic N) is 4. The molecule has 0 radical (unpaired) electrons. The largest absolute Gasteiger partial charge is 0.270 e. The number of fused-ring (bicyclic) bond motifs is 1. The molecule has 4 nitrogen and oxygen atoms in total. The summed E-state index contributed by atoms with van der Waals surface area (Å²) in [6, 6.07) is 10.8. The molecular weight excluding hydrogens is 236 g/mol. The molecule has 0 N–H and O–H groups in total. The molecule has 0 spiro atoms. The van der Waals surface area contributed by atoms with Crippen LogP contribution in [0, 0.1) is 6.92 Å². The molecule has 0 saturated carbocycles. The lowest BCUT2D eigenvalue weighted by Crippen LogP contribution is -2.05. The third-order valence-electron chi connectivity index (χ3n) is 3.35. The number of rotatable bonds is 3. The van der Waals surface area contributed by atoms with Crippen molar-refractivity contribution in [3.05, 3.63) is 47.9 Å². The van der Waals surface area contributed by atoms with Crippen LogP contribution in [0.4, 0.5) is 0 Å². The summed E-state index contributed by atoms with van der Waals surface area (Å²) >= 11 is 0. The summed E-state index contributed by atoms with van der Waals surface area (Å²) in [7, 11) is 0. The zero-order valence-corrected chi connectivity index (χ0v) is 11.5. The van der Waals surface area contributed by atoms with Gasteiger partial charge in [-0.25, -0.2) is 0 Å². The standard InChI is InChI=1S/C15H18N4/c1-11(2)18-9-8-13(17-18)10-19-15-7-5-4-6-14(15)12(3)16-19/h4-9,11H,10H2,1-3H3. The van der Waals surface area contributed by atoms with Crippen LogP contribution in [0.25, 0.3) is 10.9 Å². The van der Waals surface area contributed by atoms with E-state index >= 15 is 0 Å². The average Bonchev–Trinajstić information content (AvgIpc) is 2.97. The van der Waals surface area contributed by atoms with E-state index < -0.39 is 0 Å². The van der Waals surface area contributed by atoms with Gasteiger partial charge in [-0.2, -0.15) is 10.2 Å². The Morgan fingerprint density at radius 2 is 1.89 bits per heavy atom. The molecule has 0 aliphatic heterocycles. The smallest absolute Gasteiger partial charge is 0.0857 e. The van der Waals surface area contributed by atoms with Gasteiger partial charge in [0.25, 0.3) is 0 Å². The van der Waals surface area contributed by atoms with Crippen LogP contribution in [0.3, 0.4) is 0 Å². The Kier molecular flexibility index (Phi) is 2.85. The topological polar surface area (TPSA) is 35.6 Å². The van der Waals surface area contributed by atoms with Crippen LogP contribution in [0.1, 0.15) is 31.3 Å². The molecule has 4 heteroatoms. The van der Waals surface area contributed by atoms with E-state index in [1.54, 1.807) is 0 Å².